The lowest BCUT2D eigenvalue weighted by Crippen LogP contribution is -2.11. The maximum atomic E-state index is 10.3. The molecule has 0 heterocycles. The van der Waals surface area contributed by atoms with Crippen LogP contribution in [0.3, 0.4) is 0 Å². The lowest BCUT2D eigenvalue weighted by atomic mass is 9.83. The Kier molecular flexibility index (Phi) is 12.7. The van der Waals surface area contributed by atoms with Gasteiger partial charge in [0.2, 0.25) is 0 Å². The van der Waals surface area contributed by atoms with Crippen molar-refractivity contribution in [2.45, 2.75) is 85.0 Å². The molecule has 0 aromatic carbocycles. The molecule has 2 unspecified atom stereocenters. The Bertz CT molecular complexity index is 258. The van der Waals surface area contributed by atoms with E-state index in [9.17, 15) is 4.79 Å². The largest absolute Gasteiger partial charge is 0.478 e. The third kappa shape index (κ3) is 11.1. The van der Waals surface area contributed by atoms with E-state index >= 15 is 0 Å². The van der Waals surface area contributed by atoms with Crippen LogP contribution in [0.5, 0.6) is 0 Å². The van der Waals surface area contributed by atoms with Gasteiger partial charge in [-0.1, -0.05) is 78.2 Å². The van der Waals surface area contributed by atoms with Gasteiger partial charge in [-0.2, -0.15) is 0 Å². The minimum Gasteiger partial charge on any atom is -0.478 e. The van der Waals surface area contributed by atoms with Crippen molar-refractivity contribution in [1.82, 2.24) is 0 Å². The highest BCUT2D eigenvalue weighted by molar-refractivity contribution is 5.79. The Hall–Kier alpha value is -0.790. The van der Waals surface area contributed by atoms with Crippen molar-refractivity contribution in [2.75, 3.05) is 0 Å². The van der Waals surface area contributed by atoms with E-state index in [0.29, 0.717) is 0 Å². The molecule has 0 aromatic rings. The fourth-order valence-electron chi connectivity index (χ4n) is 2.73. The molecule has 0 aliphatic rings. The van der Waals surface area contributed by atoms with Crippen molar-refractivity contribution in [3.63, 3.8) is 0 Å². The zero-order valence-corrected chi connectivity index (χ0v) is 13.7. The molecule has 20 heavy (non-hydrogen) atoms. The first-order valence-corrected chi connectivity index (χ1v) is 8.51. The van der Waals surface area contributed by atoms with Crippen LogP contribution in [-0.4, -0.2) is 11.1 Å². The SMILES string of the molecule is CCCCCC(CCCCC/C=C\C(=O)O)C(C)CC. The lowest BCUT2D eigenvalue weighted by molar-refractivity contribution is -0.131. The summed E-state index contributed by atoms with van der Waals surface area (Å²) in [4.78, 5) is 10.3. The van der Waals surface area contributed by atoms with E-state index in [1.54, 1.807) is 6.08 Å². The van der Waals surface area contributed by atoms with E-state index in [4.69, 9.17) is 5.11 Å². The van der Waals surface area contributed by atoms with E-state index < -0.39 is 5.97 Å². The minimum atomic E-state index is -0.835. The molecule has 0 spiro atoms. The van der Waals surface area contributed by atoms with E-state index in [1.807, 2.05) is 0 Å². The summed E-state index contributed by atoms with van der Waals surface area (Å²) in [6.45, 7) is 6.96. The number of allylic oxidation sites excluding steroid dienone is 1. The highest BCUT2D eigenvalue weighted by Crippen LogP contribution is 2.27. The second-order valence-electron chi connectivity index (χ2n) is 6.02. The fraction of sp³-hybridized carbons (Fsp3) is 0.833. The van der Waals surface area contributed by atoms with Gasteiger partial charge in [0.25, 0.3) is 0 Å². The number of rotatable bonds is 13. The predicted octanol–water partition coefficient (Wildman–Crippen LogP) is 5.82. The van der Waals surface area contributed by atoms with Crippen LogP contribution in [0.15, 0.2) is 12.2 Å². The second-order valence-corrected chi connectivity index (χ2v) is 6.02. The summed E-state index contributed by atoms with van der Waals surface area (Å²) in [5, 5.41) is 8.49. The van der Waals surface area contributed by atoms with Gasteiger partial charge in [-0.3, -0.25) is 0 Å². The van der Waals surface area contributed by atoms with Crippen molar-refractivity contribution in [1.29, 1.82) is 0 Å². The molecule has 1 N–H and O–H groups in total. The van der Waals surface area contributed by atoms with Gasteiger partial charge in [0.1, 0.15) is 0 Å². The number of hydrogen-bond acceptors (Lipinski definition) is 1. The quantitative estimate of drug-likeness (QED) is 0.341. The normalized spacial score (nSPS) is 14.6. The molecule has 0 rings (SSSR count). The van der Waals surface area contributed by atoms with Crippen LogP contribution < -0.4 is 0 Å². The number of unbranched alkanes of at least 4 members (excludes halogenated alkanes) is 5. The van der Waals surface area contributed by atoms with Crippen molar-refractivity contribution in [3.05, 3.63) is 12.2 Å². The van der Waals surface area contributed by atoms with E-state index in [1.165, 1.54) is 57.4 Å². The Morgan fingerprint density at radius 1 is 1.05 bits per heavy atom. The van der Waals surface area contributed by atoms with Crippen molar-refractivity contribution in [2.24, 2.45) is 11.8 Å². The van der Waals surface area contributed by atoms with Gasteiger partial charge in [0, 0.05) is 6.08 Å². The predicted molar refractivity (Wildman–Crippen MR) is 86.9 cm³/mol. The van der Waals surface area contributed by atoms with Gasteiger partial charge in [-0.25, -0.2) is 4.79 Å². The number of aliphatic carboxylic acids is 1. The summed E-state index contributed by atoms with van der Waals surface area (Å²) >= 11 is 0. The van der Waals surface area contributed by atoms with Gasteiger partial charge >= 0.3 is 5.97 Å². The Balaban J connectivity index is 3.75. The molecule has 2 heteroatoms. The van der Waals surface area contributed by atoms with Crippen LogP contribution >= 0.6 is 0 Å². The summed E-state index contributed by atoms with van der Waals surface area (Å²) in [6, 6.07) is 0. The maximum Gasteiger partial charge on any atom is 0.327 e. The molecular formula is C18H34O2. The molecule has 0 aromatic heterocycles. The maximum absolute atomic E-state index is 10.3. The monoisotopic (exact) mass is 282 g/mol. The summed E-state index contributed by atoms with van der Waals surface area (Å²) < 4.78 is 0. The van der Waals surface area contributed by atoms with Crippen LogP contribution in [0.2, 0.25) is 0 Å². The van der Waals surface area contributed by atoms with Crippen molar-refractivity contribution >= 4 is 5.97 Å². The Morgan fingerprint density at radius 3 is 2.25 bits per heavy atom. The Morgan fingerprint density at radius 2 is 1.70 bits per heavy atom. The molecule has 2 nitrogen and oxygen atoms in total. The number of carboxylic acid groups (broad SMARTS) is 1. The number of hydrogen-bond donors (Lipinski definition) is 1. The molecule has 0 radical (unpaired) electrons. The molecule has 0 fully saturated rings. The van der Waals surface area contributed by atoms with Crippen LogP contribution in [0.1, 0.15) is 85.0 Å². The lowest BCUT2D eigenvalue weighted by Gasteiger charge is -2.23. The smallest absolute Gasteiger partial charge is 0.327 e. The molecule has 0 bridgehead atoms. The van der Waals surface area contributed by atoms with E-state index in [-0.39, 0.29) is 0 Å². The summed E-state index contributed by atoms with van der Waals surface area (Å²) in [7, 11) is 0. The zero-order chi connectivity index (χ0) is 15.2. The third-order valence-corrected chi connectivity index (χ3v) is 4.33. The van der Waals surface area contributed by atoms with Gasteiger partial charge in [0.15, 0.2) is 0 Å². The summed E-state index contributed by atoms with van der Waals surface area (Å²) in [5.74, 6) is 0.901. The Labute approximate surface area is 125 Å². The first-order chi connectivity index (χ1) is 9.61. The molecule has 0 aliphatic heterocycles. The van der Waals surface area contributed by atoms with E-state index in [0.717, 1.165) is 24.7 Å². The van der Waals surface area contributed by atoms with Crippen LogP contribution in [-0.2, 0) is 4.79 Å². The molecule has 2 atom stereocenters. The van der Waals surface area contributed by atoms with Crippen molar-refractivity contribution in [3.8, 4) is 0 Å². The van der Waals surface area contributed by atoms with Gasteiger partial charge < -0.3 is 5.11 Å². The topological polar surface area (TPSA) is 37.3 Å². The molecule has 0 aliphatic carbocycles. The summed E-state index contributed by atoms with van der Waals surface area (Å²) in [5.41, 5.74) is 0. The number of carboxylic acids is 1. The number of carbonyl (C=O) groups is 1. The van der Waals surface area contributed by atoms with E-state index in [2.05, 4.69) is 20.8 Å². The third-order valence-electron chi connectivity index (χ3n) is 4.33. The molecule has 0 saturated carbocycles. The molecule has 0 saturated heterocycles. The van der Waals surface area contributed by atoms with Gasteiger partial charge in [-0.15, -0.1) is 0 Å². The highest BCUT2D eigenvalue weighted by atomic mass is 16.4. The second kappa shape index (κ2) is 13.2. The average Bonchev–Trinajstić information content (AvgIpc) is 2.43. The van der Waals surface area contributed by atoms with Crippen LogP contribution in [0.4, 0.5) is 0 Å². The van der Waals surface area contributed by atoms with Crippen LogP contribution in [0, 0.1) is 11.8 Å². The minimum absolute atomic E-state index is 0.835. The zero-order valence-electron chi connectivity index (χ0n) is 13.7. The first-order valence-electron chi connectivity index (χ1n) is 8.51. The summed E-state index contributed by atoms with van der Waals surface area (Å²) in [6.07, 6.45) is 15.7. The highest BCUT2D eigenvalue weighted by Gasteiger charge is 2.14. The molecule has 118 valence electrons. The van der Waals surface area contributed by atoms with Crippen molar-refractivity contribution < 1.29 is 9.90 Å². The fourth-order valence-corrected chi connectivity index (χ4v) is 2.73. The standard InChI is InChI=1S/C18H34O2/c1-4-6-10-13-17(16(3)5-2)14-11-8-7-9-12-15-18(19)20/h12,15-17H,4-11,13-14H2,1-3H3,(H,19,20)/b15-12-. The van der Waals surface area contributed by atoms with Crippen LogP contribution in [0.25, 0.3) is 0 Å². The molecule has 0 amide bonds. The first kappa shape index (κ1) is 19.2. The average molecular weight is 282 g/mol. The van der Waals surface area contributed by atoms with Gasteiger partial charge in [0.05, 0.1) is 0 Å². The van der Waals surface area contributed by atoms with Gasteiger partial charge in [-0.05, 0) is 24.7 Å². The molecular weight excluding hydrogens is 248 g/mol.